The number of hydrogen-bond acceptors (Lipinski definition) is 3. The number of aryl methyl sites for hydroxylation is 1. The minimum Gasteiger partial charge on any atom is -0.486 e. The first-order chi connectivity index (χ1) is 12.0. The molecule has 1 aliphatic heterocycles. The molecule has 132 valence electrons. The van der Waals surface area contributed by atoms with E-state index in [9.17, 15) is 8.42 Å². The Balaban J connectivity index is 1.87. The predicted molar refractivity (Wildman–Crippen MR) is 99.0 cm³/mol. The molecule has 0 aromatic heterocycles. The maximum atomic E-state index is 13.5. The third kappa shape index (κ3) is 2.89. The van der Waals surface area contributed by atoms with Crippen molar-refractivity contribution in [3.05, 3.63) is 53.1 Å². The van der Waals surface area contributed by atoms with Crippen LogP contribution < -0.4 is 9.04 Å². The SMILES string of the molecule is Cc1ccc(S(=O)(=O)N2c3cc(Cl)ccc3O[C@H]3CCCC[C@@H]32)cc1. The molecule has 2 aromatic rings. The smallest absolute Gasteiger partial charge is 0.264 e. The van der Waals surface area contributed by atoms with Gasteiger partial charge in [-0.1, -0.05) is 35.7 Å². The van der Waals surface area contributed by atoms with Gasteiger partial charge >= 0.3 is 0 Å². The lowest BCUT2D eigenvalue weighted by molar-refractivity contribution is 0.122. The Hall–Kier alpha value is -1.72. The molecule has 2 aromatic carbocycles. The van der Waals surface area contributed by atoms with Crippen LogP contribution in [0.4, 0.5) is 5.69 Å². The standard InChI is InChI=1S/C19H20ClNO3S/c1-13-6-9-15(10-7-13)25(22,23)21-16-4-2-3-5-18(16)24-19-11-8-14(20)12-17(19)21/h6-12,16,18H,2-5H2,1H3/t16-,18-/m0/s1. The number of benzene rings is 2. The zero-order valence-electron chi connectivity index (χ0n) is 14.0. The summed E-state index contributed by atoms with van der Waals surface area (Å²) in [5.74, 6) is 0.586. The van der Waals surface area contributed by atoms with Crippen molar-refractivity contribution in [2.24, 2.45) is 0 Å². The molecule has 2 aliphatic rings. The zero-order chi connectivity index (χ0) is 17.6. The van der Waals surface area contributed by atoms with E-state index >= 15 is 0 Å². The van der Waals surface area contributed by atoms with Crippen LogP contribution in [0.25, 0.3) is 0 Å². The van der Waals surface area contributed by atoms with Gasteiger partial charge in [-0.3, -0.25) is 4.31 Å². The van der Waals surface area contributed by atoms with Crippen molar-refractivity contribution in [3.8, 4) is 5.75 Å². The minimum atomic E-state index is -3.68. The van der Waals surface area contributed by atoms with Crippen LogP contribution in [-0.2, 0) is 10.0 Å². The fourth-order valence-electron chi connectivity index (χ4n) is 3.72. The summed E-state index contributed by atoms with van der Waals surface area (Å²) in [5.41, 5.74) is 1.57. The minimum absolute atomic E-state index is 0.109. The highest BCUT2D eigenvalue weighted by atomic mass is 35.5. The summed E-state index contributed by atoms with van der Waals surface area (Å²) in [5, 5.41) is 0.501. The van der Waals surface area contributed by atoms with Gasteiger partial charge in [0.2, 0.25) is 0 Å². The number of ether oxygens (including phenoxy) is 1. The van der Waals surface area contributed by atoms with Crippen molar-refractivity contribution < 1.29 is 13.2 Å². The Morgan fingerprint density at radius 1 is 1.08 bits per heavy atom. The van der Waals surface area contributed by atoms with Gasteiger partial charge in [-0.25, -0.2) is 8.42 Å². The van der Waals surface area contributed by atoms with Crippen molar-refractivity contribution in [2.75, 3.05) is 4.31 Å². The highest BCUT2D eigenvalue weighted by molar-refractivity contribution is 7.92. The van der Waals surface area contributed by atoms with Gasteiger partial charge in [-0.05, 0) is 56.5 Å². The van der Waals surface area contributed by atoms with Crippen LogP contribution in [0.2, 0.25) is 5.02 Å². The molecule has 6 heteroatoms. The fraction of sp³-hybridized carbons (Fsp3) is 0.368. The van der Waals surface area contributed by atoms with Gasteiger partial charge in [-0.15, -0.1) is 0 Å². The van der Waals surface area contributed by atoms with Gasteiger partial charge in [-0.2, -0.15) is 0 Å². The molecule has 0 radical (unpaired) electrons. The van der Waals surface area contributed by atoms with Crippen LogP contribution in [0.15, 0.2) is 47.4 Å². The molecule has 0 bridgehead atoms. The Bertz CT molecular complexity index is 895. The van der Waals surface area contributed by atoms with E-state index in [4.69, 9.17) is 16.3 Å². The molecule has 0 N–H and O–H groups in total. The van der Waals surface area contributed by atoms with Gasteiger partial charge < -0.3 is 4.74 Å². The number of nitrogens with zero attached hydrogens (tertiary/aromatic N) is 1. The Labute approximate surface area is 153 Å². The number of halogens is 1. The van der Waals surface area contributed by atoms with Gasteiger partial charge in [0.05, 0.1) is 16.6 Å². The largest absolute Gasteiger partial charge is 0.486 e. The second kappa shape index (κ2) is 6.22. The maximum absolute atomic E-state index is 13.5. The summed E-state index contributed by atoms with van der Waals surface area (Å²) in [6.07, 6.45) is 3.61. The highest BCUT2D eigenvalue weighted by Crippen LogP contribution is 2.44. The molecule has 0 unspecified atom stereocenters. The lowest BCUT2D eigenvalue weighted by Crippen LogP contribution is -2.53. The highest BCUT2D eigenvalue weighted by Gasteiger charge is 2.43. The van der Waals surface area contributed by atoms with Crippen LogP contribution in [0.5, 0.6) is 5.75 Å². The van der Waals surface area contributed by atoms with E-state index in [1.54, 1.807) is 34.6 Å². The van der Waals surface area contributed by atoms with E-state index in [0.717, 1.165) is 31.2 Å². The summed E-state index contributed by atoms with van der Waals surface area (Å²) in [4.78, 5) is 0.301. The molecule has 1 fully saturated rings. The van der Waals surface area contributed by atoms with E-state index in [2.05, 4.69) is 0 Å². The van der Waals surface area contributed by atoms with Crippen LogP contribution in [0.1, 0.15) is 31.2 Å². The second-order valence-electron chi connectivity index (χ2n) is 6.73. The third-order valence-corrected chi connectivity index (χ3v) is 7.07. The van der Waals surface area contributed by atoms with Crippen molar-refractivity contribution >= 4 is 27.3 Å². The summed E-state index contributed by atoms with van der Waals surface area (Å²) >= 11 is 6.16. The number of rotatable bonds is 2. The second-order valence-corrected chi connectivity index (χ2v) is 8.99. The molecular weight excluding hydrogens is 358 g/mol. The molecule has 2 atom stereocenters. The summed E-state index contributed by atoms with van der Waals surface area (Å²) in [6.45, 7) is 1.94. The van der Waals surface area contributed by atoms with E-state index in [0.29, 0.717) is 21.4 Å². The zero-order valence-corrected chi connectivity index (χ0v) is 15.6. The average molecular weight is 378 g/mol. The summed E-state index contributed by atoms with van der Waals surface area (Å²) < 4.78 is 34.6. The average Bonchev–Trinajstić information content (AvgIpc) is 2.60. The predicted octanol–water partition coefficient (Wildman–Crippen LogP) is 4.55. The first-order valence-corrected chi connectivity index (χ1v) is 10.4. The van der Waals surface area contributed by atoms with Gasteiger partial charge in [0.25, 0.3) is 10.0 Å². The molecular formula is C19H20ClNO3S. The quantitative estimate of drug-likeness (QED) is 0.771. The monoisotopic (exact) mass is 377 g/mol. The molecule has 1 aliphatic carbocycles. The van der Waals surface area contributed by atoms with E-state index in [-0.39, 0.29) is 12.1 Å². The van der Waals surface area contributed by atoms with Gasteiger partial charge in [0.15, 0.2) is 0 Å². The Morgan fingerprint density at radius 2 is 1.80 bits per heavy atom. The Morgan fingerprint density at radius 3 is 2.56 bits per heavy atom. The molecule has 1 saturated carbocycles. The van der Waals surface area contributed by atoms with Crippen molar-refractivity contribution in [2.45, 2.75) is 49.6 Å². The van der Waals surface area contributed by atoms with Crippen LogP contribution in [0.3, 0.4) is 0 Å². The van der Waals surface area contributed by atoms with Gasteiger partial charge in [0.1, 0.15) is 11.9 Å². The van der Waals surface area contributed by atoms with E-state index in [1.165, 1.54) is 0 Å². The van der Waals surface area contributed by atoms with E-state index in [1.807, 2.05) is 19.1 Å². The summed E-state index contributed by atoms with van der Waals surface area (Å²) in [6, 6.07) is 12.0. The van der Waals surface area contributed by atoms with Crippen molar-refractivity contribution in [1.29, 1.82) is 0 Å². The van der Waals surface area contributed by atoms with Gasteiger partial charge in [0, 0.05) is 5.02 Å². The summed E-state index contributed by atoms with van der Waals surface area (Å²) in [7, 11) is -3.68. The number of fused-ring (bicyclic) bond motifs is 2. The molecule has 25 heavy (non-hydrogen) atoms. The topological polar surface area (TPSA) is 46.6 Å². The lowest BCUT2D eigenvalue weighted by atomic mass is 9.91. The van der Waals surface area contributed by atoms with Crippen molar-refractivity contribution in [3.63, 3.8) is 0 Å². The molecule has 4 nitrogen and oxygen atoms in total. The molecule has 1 heterocycles. The van der Waals surface area contributed by atoms with Crippen LogP contribution >= 0.6 is 11.6 Å². The van der Waals surface area contributed by atoms with Crippen LogP contribution in [0, 0.1) is 6.92 Å². The third-order valence-electron chi connectivity index (χ3n) is 4.98. The lowest BCUT2D eigenvalue weighted by Gasteiger charge is -2.44. The number of hydrogen-bond donors (Lipinski definition) is 0. The molecule has 0 saturated heterocycles. The first kappa shape index (κ1) is 16.7. The number of sulfonamides is 1. The molecule has 0 amide bonds. The van der Waals surface area contributed by atoms with Crippen LogP contribution in [-0.4, -0.2) is 20.6 Å². The van der Waals surface area contributed by atoms with E-state index < -0.39 is 10.0 Å². The molecule has 4 rings (SSSR count). The normalized spacial score (nSPS) is 22.7. The maximum Gasteiger partial charge on any atom is 0.264 e. The fourth-order valence-corrected chi connectivity index (χ4v) is 5.59. The molecule has 0 spiro atoms. The van der Waals surface area contributed by atoms with Crippen molar-refractivity contribution in [1.82, 2.24) is 0 Å². The number of anilines is 1. The first-order valence-electron chi connectivity index (χ1n) is 8.54. The Kier molecular flexibility index (Phi) is 4.16.